The molecular formula is C39H43Cl4N3O4. The standard InChI is InChI=1S/C39H43Cl4N3O4/c1-38(2)21-29(22-39(3,4)46-38)44-23-28(20-25-8-14-30(15-9-25)48-24-33-34(42)6-5-7-35(33)43)45-36(47)37(49-31-16-10-26(40)11-17-31)50-32-18-12-27(41)13-19-32/h5-19,28-29,37,44,46H,20-24H2,1-4H3,(H,45,47)/t28-/m0/s1. The zero-order valence-electron chi connectivity index (χ0n) is 28.6. The summed E-state index contributed by atoms with van der Waals surface area (Å²) in [6, 6.07) is 26.7. The van der Waals surface area contributed by atoms with Gasteiger partial charge in [-0.05, 0) is 125 Å². The topological polar surface area (TPSA) is 80.9 Å². The summed E-state index contributed by atoms with van der Waals surface area (Å²) in [6.07, 6.45) is 1.15. The Bertz CT molecular complexity index is 1630. The van der Waals surface area contributed by atoms with Crippen molar-refractivity contribution in [3.63, 3.8) is 0 Å². The number of hydrogen-bond donors (Lipinski definition) is 3. The molecule has 1 heterocycles. The number of nitrogens with one attached hydrogen (secondary N) is 3. The number of rotatable bonds is 14. The second kappa shape index (κ2) is 16.9. The SMILES string of the molecule is CC1(C)CC(NC[C@H](Cc2ccc(OCc3c(Cl)cccc3Cl)cc2)NC(=O)C(Oc2ccc(Cl)cc2)Oc2ccc(Cl)cc2)CC(C)(C)N1. The number of carbonyl (C=O) groups excluding carboxylic acids is 1. The molecule has 1 saturated heterocycles. The molecule has 1 amide bonds. The first kappa shape index (κ1) is 38.1. The van der Waals surface area contributed by atoms with E-state index in [1.807, 2.05) is 24.3 Å². The van der Waals surface area contributed by atoms with Crippen molar-refractivity contribution >= 4 is 52.3 Å². The van der Waals surface area contributed by atoms with Gasteiger partial charge in [0, 0.05) is 55.4 Å². The molecule has 4 aromatic rings. The lowest BCUT2D eigenvalue weighted by Gasteiger charge is -2.47. The first-order valence-corrected chi connectivity index (χ1v) is 18.1. The van der Waals surface area contributed by atoms with Crippen molar-refractivity contribution in [2.45, 2.75) is 83.0 Å². The highest BCUT2D eigenvalue weighted by molar-refractivity contribution is 6.36. The average molecular weight is 760 g/mol. The third-order valence-electron chi connectivity index (χ3n) is 8.37. The van der Waals surface area contributed by atoms with Crippen molar-refractivity contribution in [3.05, 3.63) is 122 Å². The fourth-order valence-corrected chi connectivity index (χ4v) is 7.21. The minimum atomic E-state index is -1.29. The Kier molecular flexibility index (Phi) is 12.9. The molecule has 3 N–H and O–H groups in total. The number of halogens is 4. The van der Waals surface area contributed by atoms with E-state index in [-0.39, 0.29) is 29.8 Å². The van der Waals surface area contributed by atoms with Gasteiger partial charge in [0.2, 0.25) is 0 Å². The lowest BCUT2D eigenvalue weighted by Crippen LogP contribution is -2.62. The molecular weight excluding hydrogens is 716 g/mol. The quantitative estimate of drug-likeness (QED) is 0.111. The van der Waals surface area contributed by atoms with E-state index in [4.69, 9.17) is 60.6 Å². The van der Waals surface area contributed by atoms with Gasteiger partial charge in [0.25, 0.3) is 0 Å². The Morgan fingerprint density at radius 2 is 1.26 bits per heavy atom. The molecule has 0 aromatic heterocycles. The molecule has 0 aliphatic carbocycles. The monoisotopic (exact) mass is 757 g/mol. The number of amides is 1. The van der Waals surface area contributed by atoms with Gasteiger partial charge in [-0.1, -0.05) is 64.6 Å². The van der Waals surface area contributed by atoms with Crippen LogP contribution < -0.4 is 30.2 Å². The largest absolute Gasteiger partial charge is 0.489 e. The van der Waals surface area contributed by atoms with Crippen LogP contribution in [-0.4, -0.2) is 41.9 Å². The number of ether oxygens (including phenoxy) is 3. The summed E-state index contributed by atoms with van der Waals surface area (Å²) in [7, 11) is 0. The molecule has 0 spiro atoms. The molecule has 1 aliphatic heterocycles. The predicted octanol–water partition coefficient (Wildman–Crippen LogP) is 9.29. The van der Waals surface area contributed by atoms with Crippen LogP contribution in [0.1, 0.15) is 51.7 Å². The molecule has 7 nitrogen and oxygen atoms in total. The molecule has 0 radical (unpaired) electrons. The summed E-state index contributed by atoms with van der Waals surface area (Å²) < 4.78 is 18.1. The van der Waals surface area contributed by atoms with E-state index in [0.29, 0.717) is 50.3 Å². The summed E-state index contributed by atoms with van der Waals surface area (Å²) in [5, 5.41) is 12.9. The van der Waals surface area contributed by atoms with Crippen LogP contribution in [0.5, 0.6) is 17.2 Å². The van der Waals surface area contributed by atoms with Gasteiger partial charge in [0.15, 0.2) is 0 Å². The lowest BCUT2D eigenvalue weighted by molar-refractivity contribution is -0.141. The van der Waals surface area contributed by atoms with Crippen molar-refractivity contribution in [1.82, 2.24) is 16.0 Å². The molecule has 50 heavy (non-hydrogen) atoms. The van der Waals surface area contributed by atoms with Crippen molar-refractivity contribution in [3.8, 4) is 17.2 Å². The maximum absolute atomic E-state index is 14.0. The van der Waals surface area contributed by atoms with Gasteiger partial charge < -0.3 is 30.2 Å². The van der Waals surface area contributed by atoms with Crippen LogP contribution in [0, 0.1) is 0 Å². The van der Waals surface area contributed by atoms with Crippen molar-refractivity contribution < 1.29 is 19.0 Å². The average Bonchev–Trinajstić information content (AvgIpc) is 3.04. The second-order valence-corrected chi connectivity index (χ2v) is 15.6. The van der Waals surface area contributed by atoms with Crippen LogP contribution in [-0.2, 0) is 17.8 Å². The Balaban J connectivity index is 1.32. The molecule has 11 heteroatoms. The Morgan fingerprint density at radius 3 is 1.78 bits per heavy atom. The number of carbonyl (C=O) groups is 1. The van der Waals surface area contributed by atoms with E-state index >= 15 is 0 Å². The first-order valence-electron chi connectivity index (χ1n) is 16.6. The highest BCUT2D eigenvalue weighted by atomic mass is 35.5. The number of hydrogen-bond acceptors (Lipinski definition) is 6. The maximum Gasteiger partial charge on any atom is 0.321 e. The zero-order valence-corrected chi connectivity index (χ0v) is 31.6. The third kappa shape index (κ3) is 11.4. The van der Waals surface area contributed by atoms with E-state index in [1.54, 1.807) is 66.7 Å². The minimum Gasteiger partial charge on any atom is -0.489 e. The van der Waals surface area contributed by atoms with E-state index in [0.717, 1.165) is 24.0 Å². The molecule has 5 rings (SSSR count). The van der Waals surface area contributed by atoms with Gasteiger partial charge in [0.1, 0.15) is 23.9 Å². The Hall–Kier alpha value is -3.17. The molecule has 0 saturated carbocycles. The van der Waals surface area contributed by atoms with Crippen LogP contribution in [0.15, 0.2) is 91.0 Å². The third-order valence-corrected chi connectivity index (χ3v) is 9.58. The second-order valence-electron chi connectivity index (χ2n) is 13.9. The van der Waals surface area contributed by atoms with Crippen LogP contribution in [0.3, 0.4) is 0 Å². The summed E-state index contributed by atoms with van der Waals surface area (Å²) >= 11 is 24.8. The fraction of sp³-hybridized carbons (Fsp3) is 0.359. The van der Waals surface area contributed by atoms with E-state index < -0.39 is 12.2 Å². The normalized spacial score (nSPS) is 16.1. The van der Waals surface area contributed by atoms with Gasteiger partial charge in [-0.2, -0.15) is 0 Å². The highest BCUT2D eigenvalue weighted by Crippen LogP contribution is 2.29. The summed E-state index contributed by atoms with van der Waals surface area (Å²) in [6.45, 7) is 9.65. The van der Waals surface area contributed by atoms with Gasteiger partial charge >= 0.3 is 12.2 Å². The zero-order chi connectivity index (χ0) is 35.9. The van der Waals surface area contributed by atoms with Crippen LogP contribution in [0.4, 0.5) is 0 Å². The summed E-state index contributed by atoms with van der Waals surface area (Å²) in [5.41, 5.74) is 1.67. The van der Waals surface area contributed by atoms with E-state index in [2.05, 4.69) is 43.6 Å². The molecule has 1 aliphatic rings. The summed E-state index contributed by atoms with van der Waals surface area (Å²) in [5.74, 6) is 1.12. The van der Waals surface area contributed by atoms with Crippen LogP contribution in [0.2, 0.25) is 20.1 Å². The molecule has 0 unspecified atom stereocenters. The van der Waals surface area contributed by atoms with Gasteiger partial charge in [-0.15, -0.1) is 0 Å². The molecule has 266 valence electrons. The van der Waals surface area contributed by atoms with Crippen molar-refractivity contribution in [1.29, 1.82) is 0 Å². The van der Waals surface area contributed by atoms with Crippen molar-refractivity contribution in [2.75, 3.05) is 6.54 Å². The van der Waals surface area contributed by atoms with Crippen LogP contribution in [0.25, 0.3) is 0 Å². The molecule has 1 atom stereocenters. The van der Waals surface area contributed by atoms with Gasteiger partial charge in [-0.3, -0.25) is 4.79 Å². The Morgan fingerprint density at radius 1 is 0.760 bits per heavy atom. The highest BCUT2D eigenvalue weighted by Gasteiger charge is 2.37. The van der Waals surface area contributed by atoms with Gasteiger partial charge in [-0.25, -0.2) is 0 Å². The van der Waals surface area contributed by atoms with Crippen LogP contribution >= 0.6 is 46.4 Å². The van der Waals surface area contributed by atoms with Crippen molar-refractivity contribution in [2.24, 2.45) is 0 Å². The number of piperidine rings is 1. The van der Waals surface area contributed by atoms with E-state index in [9.17, 15) is 4.79 Å². The first-order chi connectivity index (χ1) is 23.7. The van der Waals surface area contributed by atoms with E-state index in [1.165, 1.54) is 0 Å². The molecule has 1 fully saturated rings. The number of benzene rings is 4. The predicted molar refractivity (Wildman–Crippen MR) is 203 cm³/mol. The minimum absolute atomic E-state index is 0.0356. The van der Waals surface area contributed by atoms with Gasteiger partial charge in [0.05, 0.1) is 0 Å². The summed E-state index contributed by atoms with van der Waals surface area (Å²) in [4.78, 5) is 14.0. The Labute approximate surface area is 314 Å². The lowest BCUT2D eigenvalue weighted by atomic mass is 9.79. The molecule has 0 bridgehead atoms. The maximum atomic E-state index is 14.0. The fourth-order valence-electron chi connectivity index (χ4n) is 6.46. The molecule has 4 aromatic carbocycles. The smallest absolute Gasteiger partial charge is 0.321 e.